The van der Waals surface area contributed by atoms with Gasteiger partial charge in [-0.15, -0.1) is 0 Å². The maximum absolute atomic E-state index is 13.5. The molecule has 1 aliphatic carbocycles. The number of benzene rings is 2. The summed E-state index contributed by atoms with van der Waals surface area (Å²) in [5.74, 6) is -1.79. The van der Waals surface area contributed by atoms with Crippen molar-refractivity contribution in [2.45, 2.75) is 38.4 Å². The number of amides is 1. The normalized spacial score (nSPS) is 15.5. The highest BCUT2D eigenvalue weighted by Crippen LogP contribution is 2.27. The maximum atomic E-state index is 13.5. The summed E-state index contributed by atoms with van der Waals surface area (Å²) in [4.78, 5) is 14.3. The predicted molar refractivity (Wildman–Crippen MR) is 115 cm³/mol. The molecule has 0 radical (unpaired) electrons. The molecule has 5 nitrogen and oxygen atoms in total. The minimum absolute atomic E-state index is 0.107. The standard InChI is InChI=1S/C24H26F2N4O/c1-29(2)24(31)23-19-13-18(27-14-17-8-10-20(25)21(26)12-17)9-11-22(19)30(28-23)15-16-6-4-3-5-7-16/h3-8,10,12,18,27H,9,11,13-15H2,1-2H3. The van der Waals surface area contributed by atoms with Gasteiger partial charge >= 0.3 is 0 Å². The van der Waals surface area contributed by atoms with E-state index < -0.39 is 11.6 Å². The van der Waals surface area contributed by atoms with E-state index in [1.165, 1.54) is 6.07 Å². The molecule has 31 heavy (non-hydrogen) atoms. The van der Waals surface area contributed by atoms with Crippen molar-refractivity contribution in [3.63, 3.8) is 0 Å². The van der Waals surface area contributed by atoms with Crippen molar-refractivity contribution >= 4 is 5.91 Å². The van der Waals surface area contributed by atoms with Crippen molar-refractivity contribution in [3.8, 4) is 0 Å². The summed E-state index contributed by atoms with van der Waals surface area (Å²) < 4.78 is 28.6. The Bertz CT molecular complexity index is 1080. The van der Waals surface area contributed by atoms with Crippen LogP contribution in [-0.2, 0) is 25.9 Å². The van der Waals surface area contributed by atoms with E-state index in [0.717, 1.165) is 35.7 Å². The van der Waals surface area contributed by atoms with E-state index in [4.69, 9.17) is 0 Å². The van der Waals surface area contributed by atoms with Crippen LogP contribution in [0.2, 0.25) is 0 Å². The number of carbonyl (C=O) groups is 1. The third-order valence-electron chi connectivity index (χ3n) is 5.71. The first kappa shape index (κ1) is 21.2. The van der Waals surface area contributed by atoms with Gasteiger partial charge in [0.2, 0.25) is 0 Å². The van der Waals surface area contributed by atoms with Crippen molar-refractivity contribution in [1.82, 2.24) is 20.0 Å². The van der Waals surface area contributed by atoms with Crippen molar-refractivity contribution in [2.24, 2.45) is 0 Å². The Kier molecular flexibility index (Phi) is 6.13. The van der Waals surface area contributed by atoms with Gasteiger partial charge in [0.25, 0.3) is 5.91 Å². The number of halogens is 2. The van der Waals surface area contributed by atoms with Gasteiger partial charge < -0.3 is 10.2 Å². The predicted octanol–water partition coefficient (Wildman–Crippen LogP) is 3.56. The number of aromatic nitrogens is 2. The second-order valence-corrected chi connectivity index (χ2v) is 8.19. The van der Waals surface area contributed by atoms with E-state index in [-0.39, 0.29) is 11.9 Å². The Labute approximate surface area is 180 Å². The molecule has 0 bridgehead atoms. The van der Waals surface area contributed by atoms with Crippen LogP contribution in [0.15, 0.2) is 48.5 Å². The molecule has 0 saturated heterocycles. The van der Waals surface area contributed by atoms with Crippen LogP contribution in [0.5, 0.6) is 0 Å². The fraction of sp³-hybridized carbons (Fsp3) is 0.333. The van der Waals surface area contributed by atoms with E-state index in [9.17, 15) is 13.6 Å². The molecule has 3 aromatic rings. The van der Waals surface area contributed by atoms with E-state index in [1.807, 2.05) is 22.9 Å². The molecule has 0 spiro atoms. The first-order chi connectivity index (χ1) is 14.9. The van der Waals surface area contributed by atoms with E-state index >= 15 is 0 Å². The average Bonchev–Trinajstić information content (AvgIpc) is 3.12. The summed E-state index contributed by atoms with van der Waals surface area (Å²) in [6.07, 6.45) is 2.35. The van der Waals surface area contributed by atoms with Crippen LogP contribution < -0.4 is 5.32 Å². The molecule has 162 valence electrons. The lowest BCUT2D eigenvalue weighted by Crippen LogP contribution is -2.35. The zero-order chi connectivity index (χ0) is 22.0. The molecule has 1 aliphatic rings. The summed E-state index contributed by atoms with van der Waals surface area (Å²) in [5.41, 5.74) is 4.39. The largest absolute Gasteiger partial charge is 0.343 e. The monoisotopic (exact) mass is 424 g/mol. The second kappa shape index (κ2) is 8.98. The zero-order valence-corrected chi connectivity index (χ0v) is 17.7. The van der Waals surface area contributed by atoms with Crippen LogP contribution in [0.25, 0.3) is 0 Å². The number of hydrogen-bond donors (Lipinski definition) is 1. The molecule has 1 unspecified atom stereocenters. The lowest BCUT2D eigenvalue weighted by Gasteiger charge is -2.25. The minimum atomic E-state index is -0.844. The summed E-state index contributed by atoms with van der Waals surface area (Å²) in [6.45, 7) is 1.06. The van der Waals surface area contributed by atoms with Gasteiger partial charge in [-0.05, 0) is 42.5 Å². The molecular weight excluding hydrogens is 398 g/mol. The number of fused-ring (bicyclic) bond motifs is 1. The van der Waals surface area contributed by atoms with Gasteiger partial charge in [-0.2, -0.15) is 5.10 Å². The van der Waals surface area contributed by atoms with Gasteiger partial charge in [-0.3, -0.25) is 9.48 Å². The third kappa shape index (κ3) is 4.66. The number of carbonyl (C=O) groups excluding carboxylic acids is 1. The second-order valence-electron chi connectivity index (χ2n) is 8.19. The molecule has 1 N–H and O–H groups in total. The van der Waals surface area contributed by atoms with Gasteiger partial charge in [0.15, 0.2) is 17.3 Å². The zero-order valence-electron chi connectivity index (χ0n) is 17.7. The first-order valence-corrected chi connectivity index (χ1v) is 10.4. The van der Waals surface area contributed by atoms with Gasteiger partial charge in [0.05, 0.1) is 6.54 Å². The Hall–Kier alpha value is -3.06. The molecule has 1 atom stereocenters. The Morgan fingerprint density at radius 1 is 1.13 bits per heavy atom. The minimum Gasteiger partial charge on any atom is -0.343 e. The SMILES string of the molecule is CN(C)C(=O)c1nn(Cc2ccccc2)c2c1CC(NCc1ccc(F)c(F)c1)CC2. The smallest absolute Gasteiger partial charge is 0.274 e. The Balaban J connectivity index is 1.54. The Morgan fingerprint density at radius 2 is 1.90 bits per heavy atom. The molecule has 7 heteroatoms. The number of hydrogen-bond acceptors (Lipinski definition) is 3. The fourth-order valence-corrected chi connectivity index (χ4v) is 4.04. The van der Waals surface area contributed by atoms with Crippen LogP contribution in [0, 0.1) is 11.6 Å². The Morgan fingerprint density at radius 3 is 2.61 bits per heavy atom. The van der Waals surface area contributed by atoms with Crippen LogP contribution in [0.4, 0.5) is 8.78 Å². The lowest BCUT2D eigenvalue weighted by molar-refractivity contribution is 0.0820. The van der Waals surface area contributed by atoms with Gasteiger partial charge in [0.1, 0.15) is 0 Å². The number of nitrogens with zero attached hydrogens (tertiary/aromatic N) is 3. The summed E-state index contributed by atoms with van der Waals surface area (Å²) >= 11 is 0. The summed E-state index contributed by atoms with van der Waals surface area (Å²) in [5, 5.41) is 8.12. The van der Waals surface area contributed by atoms with Crippen LogP contribution in [0.1, 0.15) is 39.3 Å². The average molecular weight is 424 g/mol. The highest BCUT2D eigenvalue weighted by molar-refractivity contribution is 5.93. The molecule has 1 heterocycles. The molecular formula is C24H26F2N4O. The number of nitrogens with one attached hydrogen (secondary N) is 1. The summed E-state index contributed by atoms with van der Waals surface area (Å²) in [6, 6.07) is 14.1. The maximum Gasteiger partial charge on any atom is 0.274 e. The highest BCUT2D eigenvalue weighted by atomic mass is 19.2. The van der Waals surface area contributed by atoms with Crippen LogP contribution in [0.3, 0.4) is 0 Å². The van der Waals surface area contributed by atoms with Crippen molar-refractivity contribution < 1.29 is 13.6 Å². The van der Waals surface area contributed by atoms with Gasteiger partial charge in [-0.25, -0.2) is 8.78 Å². The highest BCUT2D eigenvalue weighted by Gasteiger charge is 2.29. The van der Waals surface area contributed by atoms with Gasteiger partial charge in [0, 0.05) is 37.9 Å². The molecule has 4 rings (SSSR count). The van der Waals surface area contributed by atoms with Gasteiger partial charge in [-0.1, -0.05) is 36.4 Å². The third-order valence-corrected chi connectivity index (χ3v) is 5.71. The van der Waals surface area contributed by atoms with Crippen LogP contribution in [-0.4, -0.2) is 40.7 Å². The van der Waals surface area contributed by atoms with E-state index in [2.05, 4.69) is 22.5 Å². The number of rotatable bonds is 6. The van der Waals surface area contributed by atoms with Crippen molar-refractivity contribution in [2.75, 3.05) is 14.1 Å². The van der Waals surface area contributed by atoms with E-state index in [0.29, 0.717) is 30.8 Å². The molecule has 0 aliphatic heterocycles. The summed E-state index contributed by atoms with van der Waals surface area (Å²) in [7, 11) is 3.46. The molecule has 0 saturated carbocycles. The van der Waals surface area contributed by atoms with Crippen molar-refractivity contribution in [3.05, 3.63) is 88.2 Å². The molecule has 0 fully saturated rings. The molecule has 1 amide bonds. The first-order valence-electron chi connectivity index (χ1n) is 10.4. The molecule has 2 aromatic carbocycles. The lowest BCUT2D eigenvalue weighted by atomic mass is 9.91. The van der Waals surface area contributed by atoms with Crippen LogP contribution >= 0.6 is 0 Å². The van der Waals surface area contributed by atoms with E-state index in [1.54, 1.807) is 25.1 Å². The fourth-order valence-electron chi connectivity index (χ4n) is 4.04. The molecule has 1 aromatic heterocycles. The topological polar surface area (TPSA) is 50.2 Å². The quantitative estimate of drug-likeness (QED) is 0.658. The van der Waals surface area contributed by atoms with Crippen molar-refractivity contribution in [1.29, 1.82) is 0 Å².